The minimum atomic E-state index is 0.0970. The molecule has 2 aliphatic heterocycles. The van der Waals surface area contributed by atoms with Crippen molar-refractivity contribution in [3.8, 4) is 5.75 Å². The van der Waals surface area contributed by atoms with Gasteiger partial charge >= 0.3 is 0 Å². The van der Waals surface area contributed by atoms with Gasteiger partial charge in [-0.2, -0.15) is 0 Å². The molecule has 0 radical (unpaired) electrons. The molecule has 2 fully saturated rings. The van der Waals surface area contributed by atoms with Crippen LogP contribution in [-0.4, -0.2) is 67.7 Å². The van der Waals surface area contributed by atoms with Crippen LogP contribution < -0.4 is 4.74 Å². The second-order valence-corrected chi connectivity index (χ2v) is 7.14. The average molecular weight is 346 g/mol. The number of carbonyl (C=O) groups is 1. The number of aryl methyl sites for hydroxylation is 1. The van der Waals surface area contributed by atoms with E-state index in [0.29, 0.717) is 12.1 Å². The Morgan fingerprint density at radius 1 is 1.08 bits per heavy atom. The SMILES string of the molecule is COC1CCN(C2CCN(C(=O)COc3ccccc3C)CC2)CC1. The Bertz CT molecular complexity index is 562. The van der Waals surface area contributed by atoms with Crippen LogP contribution in [0.2, 0.25) is 0 Å². The summed E-state index contributed by atoms with van der Waals surface area (Å²) in [5.41, 5.74) is 1.06. The molecule has 0 N–H and O–H groups in total. The molecule has 1 aromatic rings. The van der Waals surface area contributed by atoms with E-state index in [-0.39, 0.29) is 12.5 Å². The molecule has 0 atom stereocenters. The summed E-state index contributed by atoms with van der Waals surface area (Å²) in [5.74, 6) is 0.895. The van der Waals surface area contributed by atoms with Crippen LogP contribution in [0.5, 0.6) is 5.75 Å². The molecule has 3 rings (SSSR count). The Morgan fingerprint density at radius 2 is 1.76 bits per heavy atom. The molecule has 5 nitrogen and oxygen atoms in total. The van der Waals surface area contributed by atoms with E-state index in [4.69, 9.17) is 9.47 Å². The van der Waals surface area contributed by atoms with Gasteiger partial charge in [-0.25, -0.2) is 0 Å². The maximum absolute atomic E-state index is 12.4. The van der Waals surface area contributed by atoms with Crippen LogP contribution in [0.4, 0.5) is 0 Å². The third kappa shape index (κ3) is 4.73. The lowest BCUT2D eigenvalue weighted by atomic mass is 9.99. The van der Waals surface area contributed by atoms with E-state index in [1.165, 1.54) is 0 Å². The summed E-state index contributed by atoms with van der Waals surface area (Å²) in [6.45, 7) is 6.05. The molecule has 0 aromatic heterocycles. The van der Waals surface area contributed by atoms with E-state index in [2.05, 4.69) is 4.90 Å². The molecule has 2 heterocycles. The molecule has 2 saturated heterocycles. The molecule has 5 heteroatoms. The van der Waals surface area contributed by atoms with E-state index < -0.39 is 0 Å². The van der Waals surface area contributed by atoms with Gasteiger partial charge in [0, 0.05) is 39.3 Å². The topological polar surface area (TPSA) is 42.0 Å². The van der Waals surface area contributed by atoms with Crippen LogP contribution >= 0.6 is 0 Å². The van der Waals surface area contributed by atoms with E-state index >= 15 is 0 Å². The molecule has 0 spiro atoms. The van der Waals surface area contributed by atoms with Crippen molar-refractivity contribution in [2.75, 3.05) is 39.9 Å². The monoisotopic (exact) mass is 346 g/mol. The number of hydrogen-bond donors (Lipinski definition) is 0. The molecule has 0 unspecified atom stereocenters. The maximum Gasteiger partial charge on any atom is 0.260 e. The highest BCUT2D eigenvalue weighted by Gasteiger charge is 2.29. The van der Waals surface area contributed by atoms with Crippen LogP contribution in [0.1, 0.15) is 31.2 Å². The summed E-state index contributed by atoms with van der Waals surface area (Å²) >= 11 is 0. The fraction of sp³-hybridized carbons (Fsp3) is 0.650. The van der Waals surface area contributed by atoms with Crippen molar-refractivity contribution in [2.24, 2.45) is 0 Å². The maximum atomic E-state index is 12.4. The second-order valence-electron chi connectivity index (χ2n) is 7.14. The smallest absolute Gasteiger partial charge is 0.260 e. The molecule has 0 aliphatic carbocycles. The Kier molecular flexibility index (Phi) is 6.32. The van der Waals surface area contributed by atoms with Crippen molar-refractivity contribution in [1.29, 1.82) is 0 Å². The zero-order valence-electron chi connectivity index (χ0n) is 15.4. The Labute approximate surface area is 150 Å². The third-order valence-corrected chi connectivity index (χ3v) is 5.59. The molecule has 0 bridgehead atoms. The van der Waals surface area contributed by atoms with Crippen molar-refractivity contribution in [1.82, 2.24) is 9.80 Å². The van der Waals surface area contributed by atoms with Gasteiger partial charge in [-0.05, 0) is 44.2 Å². The fourth-order valence-corrected chi connectivity index (χ4v) is 3.91. The number of ether oxygens (including phenoxy) is 2. The number of rotatable bonds is 5. The highest BCUT2D eigenvalue weighted by molar-refractivity contribution is 5.77. The van der Waals surface area contributed by atoms with E-state index in [1.54, 1.807) is 0 Å². The second kappa shape index (κ2) is 8.68. The van der Waals surface area contributed by atoms with Crippen molar-refractivity contribution >= 4 is 5.91 Å². The number of hydrogen-bond acceptors (Lipinski definition) is 4. The molecular formula is C20H30N2O3. The zero-order chi connectivity index (χ0) is 17.6. The summed E-state index contributed by atoms with van der Waals surface area (Å²) in [6.07, 6.45) is 4.80. The first kappa shape index (κ1) is 18.2. The van der Waals surface area contributed by atoms with E-state index in [9.17, 15) is 4.79 Å². The zero-order valence-corrected chi connectivity index (χ0v) is 15.4. The van der Waals surface area contributed by atoms with Crippen LogP contribution in [0, 0.1) is 6.92 Å². The molecule has 138 valence electrons. The van der Waals surface area contributed by atoms with Gasteiger partial charge < -0.3 is 19.3 Å². The summed E-state index contributed by atoms with van der Waals surface area (Å²) in [5, 5.41) is 0. The number of piperidine rings is 2. The van der Waals surface area contributed by atoms with Gasteiger partial charge in [-0.1, -0.05) is 18.2 Å². The summed E-state index contributed by atoms with van der Waals surface area (Å²) in [6, 6.07) is 8.44. The first-order chi connectivity index (χ1) is 12.2. The molecule has 0 saturated carbocycles. The van der Waals surface area contributed by atoms with Gasteiger partial charge in [0.25, 0.3) is 5.91 Å². The lowest BCUT2D eigenvalue weighted by Crippen LogP contribution is -2.50. The van der Waals surface area contributed by atoms with Gasteiger partial charge in [0.2, 0.25) is 0 Å². The average Bonchev–Trinajstić information content (AvgIpc) is 2.67. The lowest BCUT2D eigenvalue weighted by molar-refractivity contribution is -0.135. The Morgan fingerprint density at radius 3 is 2.40 bits per heavy atom. The Balaban J connectivity index is 1.41. The minimum absolute atomic E-state index is 0.0970. The van der Waals surface area contributed by atoms with E-state index in [1.807, 2.05) is 43.2 Å². The van der Waals surface area contributed by atoms with Crippen molar-refractivity contribution < 1.29 is 14.3 Å². The predicted molar refractivity (Wildman–Crippen MR) is 97.9 cm³/mol. The largest absolute Gasteiger partial charge is 0.484 e. The van der Waals surface area contributed by atoms with Gasteiger partial charge in [0.1, 0.15) is 5.75 Å². The summed E-state index contributed by atoms with van der Waals surface area (Å²) in [4.78, 5) is 17.0. The summed E-state index contributed by atoms with van der Waals surface area (Å²) < 4.78 is 11.2. The minimum Gasteiger partial charge on any atom is -0.484 e. The molecular weight excluding hydrogens is 316 g/mol. The number of nitrogens with zero attached hydrogens (tertiary/aromatic N) is 2. The summed E-state index contributed by atoms with van der Waals surface area (Å²) in [7, 11) is 1.81. The lowest BCUT2D eigenvalue weighted by Gasteiger charge is -2.41. The van der Waals surface area contributed by atoms with Crippen LogP contribution in [-0.2, 0) is 9.53 Å². The quantitative estimate of drug-likeness (QED) is 0.821. The molecule has 1 amide bonds. The molecule has 25 heavy (non-hydrogen) atoms. The van der Waals surface area contributed by atoms with Crippen molar-refractivity contribution in [3.63, 3.8) is 0 Å². The first-order valence-electron chi connectivity index (χ1n) is 9.40. The van der Waals surface area contributed by atoms with Crippen LogP contribution in [0.25, 0.3) is 0 Å². The number of methoxy groups -OCH3 is 1. The number of benzene rings is 1. The van der Waals surface area contributed by atoms with Gasteiger partial charge in [-0.3, -0.25) is 4.79 Å². The molecule has 2 aliphatic rings. The number of para-hydroxylation sites is 1. The normalized spacial score (nSPS) is 20.6. The highest BCUT2D eigenvalue weighted by Crippen LogP contribution is 2.22. The number of likely N-dealkylation sites (tertiary alicyclic amines) is 2. The third-order valence-electron chi connectivity index (χ3n) is 5.59. The van der Waals surface area contributed by atoms with Gasteiger partial charge in [0.15, 0.2) is 6.61 Å². The van der Waals surface area contributed by atoms with Crippen molar-refractivity contribution in [3.05, 3.63) is 29.8 Å². The predicted octanol–water partition coefficient (Wildman–Crippen LogP) is 2.48. The van der Waals surface area contributed by atoms with E-state index in [0.717, 1.165) is 63.2 Å². The first-order valence-corrected chi connectivity index (χ1v) is 9.40. The van der Waals surface area contributed by atoms with Crippen LogP contribution in [0.15, 0.2) is 24.3 Å². The van der Waals surface area contributed by atoms with Crippen LogP contribution in [0.3, 0.4) is 0 Å². The van der Waals surface area contributed by atoms with Crippen molar-refractivity contribution in [2.45, 2.75) is 44.8 Å². The standard InChI is InChI=1S/C20H30N2O3/c1-16-5-3-4-6-19(16)25-15-20(23)22-11-7-17(8-12-22)21-13-9-18(24-2)10-14-21/h3-6,17-18H,7-15H2,1-2H3. The Hall–Kier alpha value is -1.59. The van der Waals surface area contributed by atoms with Gasteiger partial charge in [0.05, 0.1) is 6.10 Å². The molecule has 1 aromatic carbocycles. The van der Waals surface area contributed by atoms with Gasteiger partial charge in [-0.15, -0.1) is 0 Å². The number of carbonyl (C=O) groups excluding carboxylic acids is 1. The number of amides is 1. The highest BCUT2D eigenvalue weighted by atomic mass is 16.5. The fourth-order valence-electron chi connectivity index (χ4n) is 3.91.